The van der Waals surface area contributed by atoms with Crippen LogP contribution in [0.1, 0.15) is 42.8 Å². The molecular weight excluding hydrogens is 382 g/mol. The van der Waals surface area contributed by atoms with Crippen molar-refractivity contribution in [2.24, 2.45) is 5.73 Å². The molecule has 0 unspecified atom stereocenters. The van der Waals surface area contributed by atoms with Gasteiger partial charge < -0.3 is 11.1 Å². The summed E-state index contributed by atoms with van der Waals surface area (Å²) in [6.07, 6.45) is 1.03. The molecule has 0 spiro atoms. The normalized spacial score (nSPS) is 14.8. The predicted octanol–water partition coefficient (Wildman–Crippen LogP) is 3.38. The summed E-state index contributed by atoms with van der Waals surface area (Å²) in [6.45, 7) is 2.33. The Balaban J connectivity index is 1.51. The molecule has 0 aliphatic carbocycles. The third-order valence-electron chi connectivity index (χ3n) is 5.33. The highest BCUT2D eigenvalue weighted by Crippen LogP contribution is 2.30. The van der Waals surface area contributed by atoms with Crippen LogP contribution in [0.15, 0.2) is 66.0 Å². The number of amides is 2. The van der Waals surface area contributed by atoms with E-state index in [0.717, 1.165) is 19.5 Å². The van der Waals surface area contributed by atoms with Crippen molar-refractivity contribution >= 4 is 23.2 Å². The second-order valence-corrected chi connectivity index (χ2v) is 8.17. The number of primary amides is 1. The van der Waals surface area contributed by atoms with E-state index < -0.39 is 5.91 Å². The van der Waals surface area contributed by atoms with Gasteiger partial charge in [-0.25, -0.2) is 0 Å². The van der Waals surface area contributed by atoms with Gasteiger partial charge in [0, 0.05) is 35.6 Å². The monoisotopic (exact) mass is 405 g/mol. The van der Waals surface area contributed by atoms with Crippen LogP contribution in [0.5, 0.6) is 0 Å². The summed E-state index contributed by atoms with van der Waals surface area (Å²) in [5.74, 6) is -0.746. The second-order valence-electron chi connectivity index (χ2n) is 7.17. The minimum absolute atomic E-state index is 0.0764. The predicted molar refractivity (Wildman–Crippen MR) is 115 cm³/mol. The van der Waals surface area contributed by atoms with Gasteiger partial charge in [-0.1, -0.05) is 36.4 Å². The Labute approximate surface area is 174 Å². The summed E-state index contributed by atoms with van der Waals surface area (Å²) in [7, 11) is 0. The average Bonchev–Trinajstić information content (AvgIpc) is 3.22. The lowest BCUT2D eigenvalue weighted by atomic mass is 10.0. The molecule has 0 bridgehead atoms. The first-order chi connectivity index (χ1) is 14.1. The van der Waals surface area contributed by atoms with Crippen molar-refractivity contribution in [2.45, 2.75) is 19.0 Å². The van der Waals surface area contributed by atoms with Gasteiger partial charge in [0.05, 0.1) is 6.04 Å². The summed E-state index contributed by atoms with van der Waals surface area (Å²) in [6, 6.07) is 19.1. The Kier molecular flexibility index (Phi) is 5.74. The van der Waals surface area contributed by atoms with E-state index in [1.807, 2.05) is 29.5 Å². The van der Waals surface area contributed by atoms with Crippen molar-refractivity contribution < 1.29 is 9.59 Å². The number of hydrogen-bond acceptors (Lipinski definition) is 4. The van der Waals surface area contributed by atoms with Gasteiger partial charge in [-0.3, -0.25) is 14.5 Å². The van der Waals surface area contributed by atoms with Gasteiger partial charge in [-0.2, -0.15) is 0 Å². The van der Waals surface area contributed by atoms with Crippen molar-refractivity contribution in [1.82, 2.24) is 10.2 Å². The Morgan fingerprint density at radius 3 is 2.66 bits per heavy atom. The summed E-state index contributed by atoms with van der Waals surface area (Å²) in [5, 5.41) is 5.20. The van der Waals surface area contributed by atoms with Crippen LogP contribution in [-0.2, 0) is 13.0 Å². The van der Waals surface area contributed by atoms with Gasteiger partial charge >= 0.3 is 0 Å². The largest absolute Gasteiger partial charge is 0.366 e. The standard InChI is InChI=1S/C23H23N3O2S/c24-22(27)17-7-4-8-18(13-17)23(28)25-14-20(16-5-2-1-3-6-16)26-11-9-21-19(15-26)10-12-29-21/h1-8,10,12-13,20H,9,11,14-15H2,(H2,24,27)(H,25,28)/t20-/m1/s1. The van der Waals surface area contributed by atoms with Crippen LogP contribution < -0.4 is 11.1 Å². The smallest absolute Gasteiger partial charge is 0.251 e. The van der Waals surface area contributed by atoms with Crippen LogP contribution in [0.3, 0.4) is 0 Å². The van der Waals surface area contributed by atoms with Crippen molar-refractivity contribution in [2.75, 3.05) is 13.1 Å². The lowest BCUT2D eigenvalue weighted by Crippen LogP contribution is -2.40. The van der Waals surface area contributed by atoms with E-state index in [4.69, 9.17) is 5.73 Å². The molecule has 6 heteroatoms. The maximum absolute atomic E-state index is 12.7. The number of thiophene rings is 1. The zero-order valence-electron chi connectivity index (χ0n) is 16.0. The third kappa shape index (κ3) is 4.39. The van der Waals surface area contributed by atoms with Crippen molar-refractivity contribution in [3.8, 4) is 0 Å². The SMILES string of the molecule is NC(=O)c1cccc(C(=O)NC[C@H](c2ccccc2)N2CCc3sccc3C2)c1. The Morgan fingerprint density at radius 1 is 1.07 bits per heavy atom. The number of rotatable bonds is 6. The fourth-order valence-corrected chi connectivity index (χ4v) is 4.66. The number of nitrogens with one attached hydrogen (secondary N) is 1. The number of nitrogens with zero attached hydrogens (tertiary/aromatic N) is 1. The van der Waals surface area contributed by atoms with Crippen LogP contribution in [0.2, 0.25) is 0 Å². The number of hydrogen-bond donors (Lipinski definition) is 2. The van der Waals surface area contributed by atoms with Gasteiger partial charge in [0.25, 0.3) is 5.91 Å². The number of nitrogens with two attached hydrogens (primary N) is 1. The molecule has 1 aromatic heterocycles. The Bertz CT molecular complexity index is 1020. The fraction of sp³-hybridized carbons (Fsp3) is 0.217. The minimum Gasteiger partial charge on any atom is -0.366 e. The van der Waals surface area contributed by atoms with E-state index in [1.165, 1.54) is 22.1 Å². The van der Waals surface area contributed by atoms with Crippen molar-refractivity contribution in [1.29, 1.82) is 0 Å². The summed E-state index contributed by atoms with van der Waals surface area (Å²) in [4.78, 5) is 28.0. The first-order valence-electron chi connectivity index (χ1n) is 9.64. The van der Waals surface area contributed by atoms with E-state index in [-0.39, 0.29) is 11.9 Å². The number of fused-ring (bicyclic) bond motifs is 1. The van der Waals surface area contributed by atoms with E-state index in [2.05, 4.69) is 33.8 Å². The Hall–Kier alpha value is -2.96. The first-order valence-corrected chi connectivity index (χ1v) is 10.5. The van der Waals surface area contributed by atoms with Gasteiger partial charge in [-0.15, -0.1) is 11.3 Å². The highest BCUT2D eigenvalue weighted by atomic mass is 32.1. The van der Waals surface area contributed by atoms with Gasteiger partial charge in [0.15, 0.2) is 0 Å². The molecule has 0 saturated heterocycles. The minimum atomic E-state index is -0.540. The fourth-order valence-electron chi connectivity index (χ4n) is 3.77. The van der Waals surface area contributed by atoms with E-state index in [1.54, 1.807) is 18.2 Å². The molecule has 2 amide bonds. The van der Waals surface area contributed by atoms with Gasteiger partial charge in [0.2, 0.25) is 5.91 Å². The lowest BCUT2D eigenvalue weighted by molar-refractivity contribution is 0.0928. The molecule has 3 N–H and O–H groups in total. The molecule has 0 fully saturated rings. The zero-order valence-corrected chi connectivity index (χ0v) is 16.8. The van der Waals surface area contributed by atoms with Crippen LogP contribution in [0, 0.1) is 0 Å². The molecule has 148 valence electrons. The van der Waals surface area contributed by atoms with Crippen LogP contribution in [-0.4, -0.2) is 29.8 Å². The summed E-state index contributed by atoms with van der Waals surface area (Å²) < 4.78 is 0. The maximum Gasteiger partial charge on any atom is 0.251 e. The molecule has 0 saturated carbocycles. The second kappa shape index (κ2) is 8.59. The van der Waals surface area contributed by atoms with E-state index in [0.29, 0.717) is 17.7 Å². The molecule has 2 heterocycles. The first kappa shape index (κ1) is 19.4. The third-order valence-corrected chi connectivity index (χ3v) is 6.35. The molecule has 2 aromatic carbocycles. The van der Waals surface area contributed by atoms with E-state index >= 15 is 0 Å². The quantitative estimate of drug-likeness (QED) is 0.660. The van der Waals surface area contributed by atoms with Gasteiger partial charge in [0.1, 0.15) is 0 Å². The van der Waals surface area contributed by atoms with E-state index in [9.17, 15) is 9.59 Å². The summed E-state index contributed by atoms with van der Waals surface area (Å²) >= 11 is 1.82. The summed E-state index contributed by atoms with van der Waals surface area (Å²) in [5.41, 5.74) is 8.66. The van der Waals surface area contributed by atoms with Gasteiger partial charge in [-0.05, 0) is 47.2 Å². The number of benzene rings is 2. The Morgan fingerprint density at radius 2 is 1.86 bits per heavy atom. The molecule has 0 radical (unpaired) electrons. The molecule has 29 heavy (non-hydrogen) atoms. The molecule has 1 aliphatic rings. The topological polar surface area (TPSA) is 75.4 Å². The molecule has 4 rings (SSSR count). The lowest BCUT2D eigenvalue weighted by Gasteiger charge is -2.35. The number of carbonyl (C=O) groups excluding carboxylic acids is 2. The van der Waals surface area contributed by atoms with Crippen molar-refractivity contribution in [3.05, 3.63) is 93.2 Å². The highest BCUT2D eigenvalue weighted by Gasteiger charge is 2.26. The molecule has 3 aromatic rings. The number of carbonyl (C=O) groups is 2. The van der Waals surface area contributed by atoms with Crippen molar-refractivity contribution in [3.63, 3.8) is 0 Å². The molecular formula is C23H23N3O2S. The zero-order chi connectivity index (χ0) is 20.2. The maximum atomic E-state index is 12.7. The molecule has 1 atom stereocenters. The molecule has 1 aliphatic heterocycles. The molecule has 5 nitrogen and oxygen atoms in total. The average molecular weight is 406 g/mol. The van der Waals surface area contributed by atoms with Crippen LogP contribution in [0.25, 0.3) is 0 Å². The van der Waals surface area contributed by atoms with Crippen LogP contribution in [0.4, 0.5) is 0 Å². The van der Waals surface area contributed by atoms with Crippen LogP contribution >= 0.6 is 11.3 Å². The highest BCUT2D eigenvalue weighted by molar-refractivity contribution is 7.10.